The Morgan fingerprint density at radius 1 is 1.19 bits per heavy atom. The molecule has 3 aromatic rings. The number of halogens is 1. The summed E-state index contributed by atoms with van der Waals surface area (Å²) in [7, 11) is -1.08. The van der Waals surface area contributed by atoms with Crippen LogP contribution in [-0.2, 0) is 33.5 Å². The largest absolute Gasteiger partial charge is 0.481 e. The fourth-order valence-corrected chi connectivity index (χ4v) is 4.65. The lowest BCUT2D eigenvalue weighted by molar-refractivity contribution is -0.136. The van der Waals surface area contributed by atoms with Gasteiger partial charge in [-0.05, 0) is 29.8 Å². The number of aliphatic carboxylic acids is 1. The zero-order valence-corrected chi connectivity index (χ0v) is 15.5. The number of carboxylic acid groups (broad SMARTS) is 1. The van der Waals surface area contributed by atoms with Crippen LogP contribution in [0.3, 0.4) is 0 Å². The molecule has 0 spiro atoms. The number of hydrogen-bond acceptors (Lipinski definition) is 6. The molecule has 0 bridgehead atoms. The van der Waals surface area contributed by atoms with Crippen molar-refractivity contribution in [2.45, 2.75) is 17.9 Å². The molecule has 0 aliphatic carbocycles. The maximum Gasteiger partial charge on any atom is 0.307 e. The molecule has 1 atom stereocenters. The molecule has 0 amide bonds. The Kier molecular flexibility index (Phi) is 4.71. The molecule has 1 N–H and O–H groups in total. The normalized spacial score (nSPS) is 15.5. The van der Waals surface area contributed by atoms with Gasteiger partial charge in [0.05, 0.1) is 28.5 Å². The van der Waals surface area contributed by atoms with Crippen molar-refractivity contribution in [2.24, 2.45) is 0 Å². The van der Waals surface area contributed by atoms with Gasteiger partial charge in [0.25, 0.3) is 0 Å². The van der Waals surface area contributed by atoms with Crippen LogP contribution in [0.4, 0.5) is 4.39 Å². The summed E-state index contributed by atoms with van der Waals surface area (Å²) in [6, 6.07) is 9.58. The van der Waals surface area contributed by atoms with E-state index >= 15 is 0 Å². The third kappa shape index (κ3) is 3.88. The van der Waals surface area contributed by atoms with Gasteiger partial charge >= 0.3 is 5.97 Å². The third-order valence-corrected chi connectivity index (χ3v) is 6.02. The van der Waals surface area contributed by atoms with Crippen LogP contribution >= 0.6 is 11.3 Å². The van der Waals surface area contributed by atoms with E-state index in [9.17, 15) is 13.4 Å². The smallest absolute Gasteiger partial charge is 0.307 e. The first-order valence-corrected chi connectivity index (χ1v) is 10.3. The highest BCUT2D eigenvalue weighted by Gasteiger charge is 2.26. The Morgan fingerprint density at radius 3 is 2.63 bits per heavy atom. The second-order valence-corrected chi connectivity index (χ2v) is 8.42. The topological polar surface area (TPSA) is 89.4 Å². The summed E-state index contributed by atoms with van der Waals surface area (Å²) >= 11 is 0.931. The van der Waals surface area contributed by atoms with E-state index in [-0.39, 0.29) is 11.6 Å². The molecule has 0 saturated heterocycles. The molecule has 0 radical (unpaired) electrons. The van der Waals surface area contributed by atoms with Crippen LogP contribution in [0.2, 0.25) is 0 Å². The van der Waals surface area contributed by atoms with E-state index < -0.39 is 16.8 Å². The third-order valence-electron chi connectivity index (χ3n) is 3.94. The van der Waals surface area contributed by atoms with Gasteiger partial charge in [-0.25, -0.2) is 4.98 Å². The first-order valence-electron chi connectivity index (χ1n) is 7.97. The number of nitrogens with zero attached hydrogens (tertiary/aromatic N) is 2. The molecule has 4 rings (SSSR count). The first kappa shape index (κ1) is 17.7. The average Bonchev–Trinajstić information content (AvgIpc) is 3.21. The second kappa shape index (κ2) is 7.16. The van der Waals surface area contributed by atoms with Crippen molar-refractivity contribution in [1.29, 1.82) is 0 Å². The van der Waals surface area contributed by atoms with Gasteiger partial charge in [0.15, 0.2) is 11.0 Å². The zero-order chi connectivity index (χ0) is 19.0. The summed E-state index contributed by atoms with van der Waals surface area (Å²) in [6.45, 7) is 0. The highest BCUT2D eigenvalue weighted by Crippen LogP contribution is 2.35. The fraction of sp³-hybridized carbons (Fsp3) is 0.167. The van der Waals surface area contributed by atoms with E-state index in [2.05, 4.69) is 9.97 Å². The molecule has 0 fully saturated rings. The number of ether oxygens (including phenoxy) is 1. The van der Waals surface area contributed by atoms with E-state index in [1.54, 1.807) is 30.3 Å². The van der Waals surface area contributed by atoms with Gasteiger partial charge in [0.2, 0.25) is 5.88 Å². The number of fused-ring (bicyclic) bond motifs is 1. The minimum Gasteiger partial charge on any atom is -0.481 e. The second-order valence-electron chi connectivity index (χ2n) is 5.93. The summed E-state index contributed by atoms with van der Waals surface area (Å²) in [5, 5.41) is 8.50. The average molecular weight is 404 g/mol. The van der Waals surface area contributed by atoms with Crippen LogP contribution in [0.5, 0.6) is 11.6 Å². The van der Waals surface area contributed by atoms with E-state index in [0.717, 1.165) is 11.3 Å². The number of carboxylic acids is 1. The van der Waals surface area contributed by atoms with Crippen molar-refractivity contribution < 1.29 is 23.2 Å². The van der Waals surface area contributed by atoms with Crippen molar-refractivity contribution in [3.05, 3.63) is 58.3 Å². The van der Waals surface area contributed by atoms with E-state index in [4.69, 9.17) is 9.84 Å². The zero-order valence-electron chi connectivity index (χ0n) is 13.8. The Balaban J connectivity index is 1.68. The highest BCUT2D eigenvalue weighted by atomic mass is 32.2. The highest BCUT2D eigenvalue weighted by molar-refractivity contribution is 7.83. The number of carbonyl (C=O) groups is 1. The predicted octanol–water partition coefficient (Wildman–Crippen LogP) is 3.53. The number of hydrogen-bond donors (Lipinski definition) is 1. The van der Waals surface area contributed by atoms with E-state index in [1.807, 2.05) is 0 Å². The van der Waals surface area contributed by atoms with Crippen LogP contribution in [0, 0.1) is 5.13 Å². The van der Waals surface area contributed by atoms with Gasteiger partial charge in [-0.15, -0.1) is 11.3 Å². The monoisotopic (exact) mass is 404 g/mol. The molecule has 3 heterocycles. The van der Waals surface area contributed by atoms with Crippen LogP contribution in [-0.4, -0.2) is 25.3 Å². The summed E-state index contributed by atoms with van der Waals surface area (Å²) in [4.78, 5) is 20.2. The van der Waals surface area contributed by atoms with Crippen LogP contribution in [0.15, 0.2) is 36.4 Å². The van der Waals surface area contributed by atoms with Crippen molar-refractivity contribution >= 4 is 28.1 Å². The quantitative estimate of drug-likeness (QED) is 0.700. The van der Waals surface area contributed by atoms with E-state index in [0.29, 0.717) is 50.7 Å². The molecule has 9 heteroatoms. The van der Waals surface area contributed by atoms with Crippen molar-refractivity contribution in [3.63, 3.8) is 0 Å². The van der Waals surface area contributed by atoms with E-state index in [1.165, 1.54) is 6.07 Å². The van der Waals surface area contributed by atoms with Gasteiger partial charge in [-0.2, -0.15) is 9.37 Å². The van der Waals surface area contributed by atoms with Gasteiger partial charge in [-0.3, -0.25) is 9.00 Å². The van der Waals surface area contributed by atoms with Crippen molar-refractivity contribution in [1.82, 2.24) is 9.97 Å². The molecule has 2 aromatic heterocycles. The molecule has 1 aliphatic heterocycles. The fourth-order valence-electron chi connectivity index (χ4n) is 2.73. The van der Waals surface area contributed by atoms with Gasteiger partial charge < -0.3 is 9.84 Å². The lowest BCUT2D eigenvalue weighted by Gasteiger charge is -2.10. The molecule has 1 aliphatic rings. The van der Waals surface area contributed by atoms with Crippen molar-refractivity contribution in [3.8, 4) is 22.3 Å². The summed E-state index contributed by atoms with van der Waals surface area (Å²) in [5.74, 6) is 0.811. The van der Waals surface area contributed by atoms with Crippen molar-refractivity contribution in [2.75, 3.05) is 0 Å². The number of rotatable bonds is 5. The summed E-state index contributed by atoms with van der Waals surface area (Å²) in [6.07, 6.45) is -0.0732. The summed E-state index contributed by atoms with van der Waals surface area (Å²) in [5.41, 5.74) is 1.98. The van der Waals surface area contributed by atoms with Gasteiger partial charge in [-0.1, -0.05) is 12.1 Å². The lowest BCUT2D eigenvalue weighted by atomic mass is 10.1. The maximum absolute atomic E-state index is 13.4. The number of aromatic nitrogens is 2. The van der Waals surface area contributed by atoms with Gasteiger partial charge in [0.1, 0.15) is 5.75 Å². The first-order chi connectivity index (χ1) is 13.0. The summed E-state index contributed by atoms with van der Waals surface area (Å²) < 4.78 is 31.2. The van der Waals surface area contributed by atoms with Crippen LogP contribution < -0.4 is 4.74 Å². The SMILES string of the molecule is O=C(O)Cc1ccc(Oc2nc(-c3ccc(F)s3)nc3c2CS(=O)C3)cc1. The lowest BCUT2D eigenvalue weighted by Crippen LogP contribution is -2.01. The Bertz CT molecular complexity index is 1050. The minimum atomic E-state index is -1.08. The molecule has 6 nitrogen and oxygen atoms in total. The molecular formula is C18H13FN2O4S2. The van der Waals surface area contributed by atoms with Crippen LogP contribution in [0.1, 0.15) is 16.8 Å². The standard InChI is InChI=1S/C18H13FN2O4S2/c19-15-6-5-14(26-15)17-20-13-9-27(24)8-12(13)18(21-17)25-11-3-1-10(2-4-11)7-16(22)23/h1-6H,7-9H2,(H,22,23). The van der Waals surface area contributed by atoms with Gasteiger partial charge in [0, 0.05) is 16.4 Å². The Morgan fingerprint density at radius 2 is 1.96 bits per heavy atom. The molecule has 1 unspecified atom stereocenters. The molecular weight excluding hydrogens is 391 g/mol. The number of thiophene rings is 1. The molecule has 0 saturated carbocycles. The predicted molar refractivity (Wildman–Crippen MR) is 98.7 cm³/mol. The molecule has 1 aromatic carbocycles. The molecule has 27 heavy (non-hydrogen) atoms. The Labute approximate surface area is 160 Å². The molecule has 138 valence electrons. The minimum absolute atomic E-state index is 0.0732. The number of benzene rings is 1. The van der Waals surface area contributed by atoms with Crippen LogP contribution in [0.25, 0.3) is 10.7 Å². The Hall–Kier alpha value is -2.65. The maximum atomic E-state index is 13.4.